The van der Waals surface area contributed by atoms with Gasteiger partial charge in [-0.25, -0.2) is 0 Å². The molecule has 6 heteroatoms. The minimum atomic E-state index is -4.44. The standard InChI is InChI=1S/C17H21F3N2O/c1-3-6-16(23)21-14-11-13(17(18,19)20)8-9-15(14)22-10-5-4-7-12(22)2/h3,6,8-9,11-12H,4-5,7,10H2,1-2H3,(H,21,23)/b6-3+. The summed E-state index contributed by atoms with van der Waals surface area (Å²) in [6.07, 6.45) is 1.50. The number of benzene rings is 1. The van der Waals surface area contributed by atoms with E-state index in [2.05, 4.69) is 10.2 Å². The Labute approximate surface area is 134 Å². The number of nitrogens with one attached hydrogen (secondary N) is 1. The van der Waals surface area contributed by atoms with Crippen LogP contribution >= 0.6 is 0 Å². The predicted octanol–water partition coefficient (Wildman–Crippen LogP) is 4.60. The van der Waals surface area contributed by atoms with Crippen LogP contribution in [0.15, 0.2) is 30.4 Å². The molecule has 0 radical (unpaired) electrons. The molecular weight excluding hydrogens is 305 g/mol. The highest BCUT2D eigenvalue weighted by atomic mass is 19.4. The fourth-order valence-corrected chi connectivity index (χ4v) is 2.84. The van der Waals surface area contributed by atoms with Crippen molar-refractivity contribution < 1.29 is 18.0 Å². The van der Waals surface area contributed by atoms with Gasteiger partial charge in [-0.1, -0.05) is 6.08 Å². The zero-order valence-electron chi connectivity index (χ0n) is 13.3. The second-order valence-corrected chi connectivity index (χ2v) is 5.76. The summed E-state index contributed by atoms with van der Waals surface area (Å²) in [6, 6.07) is 3.77. The number of halogens is 3. The molecule has 1 saturated heterocycles. The molecule has 0 aromatic heterocycles. The molecule has 0 aliphatic carbocycles. The first kappa shape index (κ1) is 17.4. The van der Waals surface area contributed by atoms with Crippen LogP contribution in [-0.2, 0) is 11.0 Å². The van der Waals surface area contributed by atoms with E-state index < -0.39 is 17.6 Å². The highest BCUT2D eigenvalue weighted by Gasteiger charge is 2.32. The molecule has 1 N–H and O–H groups in total. The molecule has 23 heavy (non-hydrogen) atoms. The number of nitrogens with zero attached hydrogens (tertiary/aromatic N) is 1. The number of anilines is 2. The summed E-state index contributed by atoms with van der Waals surface area (Å²) in [6.45, 7) is 4.51. The first-order valence-corrected chi connectivity index (χ1v) is 7.74. The van der Waals surface area contributed by atoms with Crippen molar-refractivity contribution in [2.24, 2.45) is 0 Å². The van der Waals surface area contributed by atoms with E-state index in [4.69, 9.17) is 0 Å². The van der Waals surface area contributed by atoms with Crippen molar-refractivity contribution in [1.29, 1.82) is 0 Å². The van der Waals surface area contributed by atoms with Crippen LogP contribution in [0.25, 0.3) is 0 Å². The molecule has 2 rings (SSSR count). The molecule has 1 heterocycles. The Balaban J connectivity index is 2.41. The largest absolute Gasteiger partial charge is 0.416 e. The molecule has 1 aliphatic rings. The van der Waals surface area contributed by atoms with Gasteiger partial charge in [-0.2, -0.15) is 13.2 Å². The van der Waals surface area contributed by atoms with Crippen molar-refractivity contribution >= 4 is 17.3 Å². The van der Waals surface area contributed by atoms with Gasteiger partial charge in [0.05, 0.1) is 16.9 Å². The monoisotopic (exact) mass is 326 g/mol. The van der Waals surface area contributed by atoms with Crippen LogP contribution in [0.1, 0.15) is 38.7 Å². The lowest BCUT2D eigenvalue weighted by atomic mass is 10.0. The highest BCUT2D eigenvalue weighted by molar-refractivity contribution is 6.01. The van der Waals surface area contributed by atoms with E-state index >= 15 is 0 Å². The van der Waals surface area contributed by atoms with Gasteiger partial charge in [0.25, 0.3) is 0 Å². The van der Waals surface area contributed by atoms with E-state index in [1.54, 1.807) is 13.0 Å². The van der Waals surface area contributed by atoms with Crippen LogP contribution < -0.4 is 10.2 Å². The van der Waals surface area contributed by atoms with Gasteiger partial charge in [0.1, 0.15) is 0 Å². The average Bonchev–Trinajstić information content (AvgIpc) is 2.47. The van der Waals surface area contributed by atoms with Crippen molar-refractivity contribution in [3.05, 3.63) is 35.9 Å². The summed E-state index contributed by atoms with van der Waals surface area (Å²) in [5.41, 5.74) is 0.0846. The van der Waals surface area contributed by atoms with Crippen molar-refractivity contribution in [2.75, 3.05) is 16.8 Å². The van der Waals surface area contributed by atoms with Crippen LogP contribution in [-0.4, -0.2) is 18.5 Å². The maximum absolute atomic E-state index is 13.0. The van der Waals surface area contributed by atoms with Crippen molar-refractivity contribution in [2.45, 2.75) is 45.3 Å². The van der Waals surface area contributed by atoms with Gasteiger partial charge in [-0.05, 0) is 57.4 Å². The molecule has 0 spiro atoms. The third-order valence-electron chi connectivity index (χ3n) is 4.01. The molecule has 1 unspecified atom stereocenters. The Bertz CT molecular complexity index is 596. The van der Waals surface area contributed by atoms with Gasteiger partial charge in [-0.15, -0.1) is 0 Å². The lowest BCUT2D eigenvalue weighted by Crippen LogP contribution is -2.38. The summed E-state index contributed by atoms with van der Waals surface area (Å²) in [5.74, 6) is -0.433. The van der Waals surface area contributed by atoms with E-state index in [0.29, 0.717) is 5.69 Å². The molecule has 126 valence electrons. The quantitative estimate of drug-likeness (QED) is 0.823. The second-order valence-electron chi connectivity index (χ2n) is 5.76. The summed E-state index contributed by atoms with van der Waals surface area (Å²) in [7, 11) is 0. The lowest BCUT2D eigenvalue weighted by Gasteiger charge is -2.36. The number of rotatable bonds is 3. The Hall–Kier alpha value is -1.98. The van der Waals surface area contributed by atoms with Gasteiger partial charge in [0.2, 0.25) is 5.91 Å². The fourth-order valence-electron chi connectivity index (χ4n) is 2.84. The molecule has 1 fully saturated rings. The van der Waals surface area contributed by atoms with Crippen molar-refractivity contribution in [3.8, 4) is 0 Å². The normalized spacial score (nSPS) is 19.2. The zero-order chi connectivity index (χ0) is 17.0. The topological polar surface area (TPSA) is 32.3 Å². The number of carbonyl (C=O) groups excluding carboxylic acids is 1. The fraction of sp³-hybridized carbons (Fsp3) is 0.471. The summed E-state index contributed by atoms with van der Waals surface area (Å²) in [5, 5.41) is 2.57. The summed E-state index contributed by atoms with van der Waals surface area (Å²) in [4.78, 5) is 13.9. The highest BCUT2D eigenvalue weighted by Crippen LogP contribution is 2.37. The number of piperidine rings is 1. The summed E-state index contributed by atoms with van der Waals surface area (Å²) >= 11 is 0. The smallest absolute Gasteiger partial charge is 0.367 e. The SMILES string of the molecule is C/C=C/C(=O)Nc1cc(C(F)(F)F)ccc1N1CCCCC1C. The van der Waals surface area contributed by atoms with Gasteiger partial charge in [0.15, 0.2) is 0 Å². The number of allylic oxidation sites excluding steroid dienone is 1. The van der Waals surface area contributed by atoms with E-state index in [1.165, 1.54) is 12.1 Å². The Kier molecular flexibility index (Phi) is 5.34. The number of hydrogen-bond acceptors (Lipinski definition) is 2. The molecular formula is C17H21F3N2O. The van der Waals surface area contributed by atoms with E-state index in [0.717, 1.165) is 37.9 Å². The maximum Gasteiger partial charge on any atom is 0.416 e. The number of alkyl halides is 3. The van der Waals surface area contributed by atoms with Crippen LogP contribution in [0.4, 0.5) is 24.5 Å². The molecule has 1 atom stereocenters. The van der Waals surface area contributed by atoms with Crippen LogP contribution in [0.2, 0.25) is 0 Å². The Morgan fingerprint density at radius 3 is 2.70 bits per heavy atom. The van der Waals surface area contributed by atoms with Gasteiger partial charge < -0.3 is 10.2 Å². The van der Waals surface area contributed by atoms with Gasteiger partial charge in [-0.3, -0.25) is 4.79 Å². The first-order chi connectivity index (χ1) is 10.8. The molecule has 1 aliphatic heterocycles. The number of amides is 1. The van der Waals surface area contributed by atoms with E-state index in [-0.39, 0.29) is 11.7 Å². The van der Waals surface area contributed by atoms with Crippen LogP contribution in [0.5, 0.6) is 0 Å². The van der Waals surface area contributed by atoms with E-state index in [1.807, 2.05) is 6.92 Å². The average molecular weight is 326 g/mol. The Morgan fingerprint density at radius 2 is 2.09 bits per heavy atom. The van der Waals surface area contributed by atoms with E-state index in [9.17, 15) is 18.0 Å². The molecule has 0 saturated carbocycles. The van der Waals surface area contributed by atoms with Crippen LogP contribution in [0, 0.1) is 0 Å². The van der Waals surface area contributed by atoms with Crippen LogP contribution in [0.3, 0.4) is 0 Å². The zero-order valence-corrected chi connectivity index (χ0v) is 13.3. The molecule has 1 amide bonds. The number of carbonyl (C=O) groups is 1. The number of hydrogen-bond donors (Lipinski definition) is 1. The molecule has 1 aromatic carbocycles. The minimum Gasteiger partial charge on any atom is -0.367 e. The minimum absolute atomic E-state index is 0.205. The molecule has 1 aromatic rings. The Morgan fingerprint density at radius 1 is 1.35 bits per heavy atom. The molecule has 0 bridgehead atoms. The lowest BCUT2D eigenvalue weighted by molar-refractivity contribution is -0.137. The first-order valence-electron chi connectivity index (χ1n) is 7.74. The van der Waals surface area contributed by atoms with Gasteiger partial charge in [0, 0.05) is 12.6 Å². The maximum atomic E-state index is 13.0. The third-order valence-corrected chi connectivity index (χ3v) is 4.01. The van der Waals surface area contributed by atoms with Crippen molar-refractivity contribution in [1.82, 2.24) is 0 Å². The summed E-state index contributed by atoms with van der Waals surface area (Å²) < 4.78 is 38.9. The molecule has 3 nitrogen and oxygen atoms in total. The van der Waals surface area contributed by atoms with Gasteiger partial charge >= 0.3 is 6.18 Å². The second kappa shape index (κ2) is 7.06. The van der Waals surface area contributed by atoms with Crippen molar-refractivity contribution in [3.63, 3.8) is 0 Å². The predicted molar refractivity (Wildman–Crippen MR) is 85.5 cm³/mol. The third kappa shape index (κ3) is 4.27.